The van der Waals surface area contributed by atoms with Crippen molar-refractivity contribution in [1.82, 2.24) is 5.06 Å². The lowest BCUT2D eigenvalue weighted by Crippen LogP contribution is -2.25. The number of hydroxylamine groups is 2. The van der Waals surface area contributed by atoms with Crippen molar-refractivity contribution in [3.05, 3.63) is 38.3 Å². The van der Waals surface area contributed by atoms with Gasteiger partial charge in [0.2, 0.25) is 0 Å². The predicted octanol–water partition coefficient (Wildman–Crippen LogP) is 1.99. The molecule has 1 aromatic carbocycles. The fourth-order valence-electron chi connectivity index (χ4n) is 1.08. The SMILES string of the molecule is CON(C)C(=O)c1cccc([N+](=O)[O-])c1Br. The molecule has 0 aliphatic carbocycles. The lowest BCUT2D eigenvalue weighted by Gasteiger charge is -2.14. The first-order valence-corrected chi connectivity index (χ1v) is 5.03. The maximum Gasteiger partial charge on any atom is 0.284 e. The molecule has 0 saturated carbocycles. The van der Waals surface area contributed by atoms with E-state index < -0.39 is 10.8 Å². The topological polar surface area (TPSA) is 72.7 Å². The molecule has 86 valence electrons. The molecule has 0 N–H and O–H groups in total. The first-order valence-electron chi connectivity index (χ1n) is 4.24. The van der Waals surface area contributed by atoms with E-state index in [9.17, 15) is 14.9 Å². The van der Waals surface area contributed by atoms with E-state index in [0.29, 0.717) is 0 Å². The van der Waals surface area contributed by atoms with Crippen molar-refractivity contribution in [1.29, 1.82) is 0 Å². The zero-order chi connectivity index (χ0) is 12.3. The summed E-state index contributed by atoms with van der Waals surface area (Å²) in [4.78, 5) is 26.5. The number of nitro benzene ring substituents is 1. The predicted molar refractivity (Wildman–Crippen MR) is 59.9 cm³/mol. The fraction of sp³-hybridized carbons (Fsp3) is 0.222. The summed E-state index contributed by atoms with van der Waals surface area (Å²) >= 11 is 3.04. The highest BCUT2D eigenvalue weighted by Crippen LogP contribution is 2.28. The first kappa shape index (κ1) is 12.6. The zero-order valence-electron chi connectivity index (χ0n) is 8.64. The number of hydrogen-bond acceptors (Lipinski definition) is 4. The van der Waals surface area contributed by atoms with E-state index in [1.54, 1.807) is 0 Å². The van der Waals surface area contributed by atoms with Crippen molar-refractivity contribution in [3.63, 3.8) is 0 Å². The summed E-state index contributed by atoms with van der Waals surface area (Å²) in [7, 11) is 2.76. The third kappa shape index (κ3) is 2.37. The van der Waals surface area contributed by atoms with Crippen LogP contribution in [0.15, 0.2) is 22.7 Å². The zero-order valence-corrected chi connectivity index (χ0v) is 10.2. The number of hydrogen-bond donors (Lipinski definition) is 0. The number of carbonyl (C=O) groups is 1. The standard InChI is InChI=1S/C9H9BrN2O4/c1-11(16-2)9(13)6-4-3-5-7(8(6)10)12(14)15/h3-5H,1-2H3. The summed E-state index contributed by atoms with van der Waals surface area (Å²) in [5.41, 5.74) is 0.0221. The summed E-state index contributed by atoms with van der Waals surface area (Å²) in [6.07, 6.45) is 0. The minimum atomic E-state index is -0.562. The van der Waals surface area contributed by atoms with E-state index in [1.807, 2.05) is 0 Å². The fourth-order valence-corrected chi connectivity index (χ4v) is 1.66. The van der Waals surface area contributed by atoms with Gasteiger partial charge in [-0.3, -0.25) is 19.7 Å². The normalized spacial score (nSPS) is 9.94. The van der Waals surface area contributed by atoms with Gasteiger partial charge in [-0.2, -0.15) is 0 Å². The molecule has 6 nitrogen and oxygen atoms in total. The van der Waals surface area contributed by atoms with Gasteiger partial charge in [0, 0.05) is 13.1 Å². The largest absolute Gasteiger partial charge is 0.284 e. The second-order valence-electron chi connectivity index (χ2n) is 2.88. The quantitative estimate of drug-likeness (QED) is 0.630. The number of halogens is 1. The molecule has 7 heteroatoms. The molecule has 0 fully saturated rings. The van der Waals surface area contributed by atoms with E-state index in [1.165, 1.54) is 32.4 Å². The third-order valence-corrected chi connectivity index (χ3v) is 2.80. The molecule has 1 amide bonds. The van der Waals surface area contributed by atoms with Crippen molar-refractivity contribution in [2.75, 3.05) is 14.2 Å². The number of amides is 1. The lowest BCUT2D eigenvalue weighted by molar-refractivity contribution is -0.385. The Kier molecular flexibility index (Phi) is 3.97. The average molecular weight is 289 g/mol. The smallest absolute Gasteiger partial charge is 0.274 e. The lowest BCUT2D eigenvalue weighted by atomic mass is 10.2. The van der Waals surface area contributed by atoms with Crippen LogP contribution in [0.1, 0.15) is 10.4 Å². The third-order valence-electron chi connectivity index (χ3n) is 1.97. The molecule has 0 saturated heterocycles. The second-order valence-corrected chi connectivity index (χ2v) is 3.67. The number of nitro groups is 1. The van der Waals surface area contributed by atoms with Crippen LogP contribution in [0.4, 0.5) is 5.69 Å². The van der Waals surface area contributed by atoms with Crippen molar-refractivity contribution in [2.45, 2.75) is 0 Å². The van der Waals surface area contributed by atoms with E-state index in [4.69, 9.17) is 4.84 Å². The molecule has 0 aliphatic rings. The van der Waals surface area contributed by atoms with Crippen LogP contribution in [-0.4, -0.2) is 30.1 Å². The van der Waals surface area contributed by atoms with Crippen LogP contribution >= 0.6 is 15.9 Å². The second kappa shape index (κ2) is 5.04. The molecule has 16 heavy (non-hydrogen) atoms. The Bertz CT molecular complexity index is 436. The summed E-state index contributed by atoms with van der Waals surface area (Å²) in [5.74, 6) is -0.460. The molecule has 0 heterocycles. The Balaban J connectivity index is 3.20. The van der Waals surface area contributed by atoms with Gasteiger partial charge in [-0.05, 0) is 22.0 Å². The monoisotopic (exact) mass is 288 g/mol. The molecule has 0 radical (unpaired) electrons. The minimum absolute atomic E-state index is 0.147. The molecule has 1 rings (SSSR count). The van der Waals surface area contributed by atoms with Crippen molar-refractivity contribution >= 4 is 27.5 Å². The van der Waals surface area contributed by atoms with Crippen LogP contribution in [0.3, 0.4) is 0 Å². The average Bonchev–Trinajstić information content (AvgIpc) is 2.27. The minimum Gasteiger partial charge on any atom is -0.274 e. The maximum absolute atomic E-state index is 11.7. The highest BCUT2D eigenvalue weighted by Gasteiger charge is 2.21. The van der Waals surface area contributed by atoms with Crippen LogP contribution in [0.25, 0.3) is 0 Å². The Morgan fingerprint density at radius 2 is 2.19 bits per heavy atom. The number of benzene rings is 1. The number of rotatable bonds is 3. The van der Waals surface area contributed by atoms with Crippen molar-refractivity contribution < 1.29 is 14.6 Å². The van der Waals surface area contributed by atoms with Gasteiger partial charge >= 0.3 is 0 Å². The van der Waals surface area contributed by atoms with Crippen molar-refractivity contribution in [3.8, 4) is 0 Å². The number of carbonyl (C=O) groups excluding carboxylic acids is 1. The molecule has 0 aromatic heterocycles. The highest BCUT2D eigenvalue weighted by molar-refractivity contribution is 9.10. The van der Waals surface area contributed by atoms with Crippen LogP contribution in [0.5, 0.6) is 0 Å². The van der Waals surface area contributed by atoms with Crippen molar-refractivity contribution in [2.24, 2.45) is 0 Å². The van der Waals surface area contributed by atoms with Gasteiger partial charge in [-0.1, -0.05) is 6.07 Å². The van der Waals surface area contributed by atoms with E-state index in [-0.39, 0.29) is 15.7 Å². The Labute approximate surface area is 100 Å². The van der Waals surface area contributed by atoms with Gasteiger partial charge in [0.05, 0.1) is 17.6 Å². The van der Waals surface area contributed by atoms with E-state index in [0.717, 1.165) is 5.06 Å². The molecule has 0 atom stereocenters. The van der Waals surface area contributed by atoms with Crippen LogP contribution < -0.4 is 0 Å². The molecular formula is C9H9BrN2O4. The molecule has 0 aliphatic heterocycles. The highest BCUT2D eigenvalue weighted by atomic mass is 79.9. The van der Waals surface area contributed by atoms with Gasteiger partial charge in [0.15, 0.2) is 0 Å². The maximum atomic E-state index is 11.7. The Hall–Kier alpha value is -1.47. The van der Waals surface area contributed by atoms with Gasteiger partial charge in [0.25, 0.3) is 11.6 Å². The van der Waals surface area contributed by atoms with Gasteiger partial charge in [0.1, 0.15) is 4.47 Å². The summed E-state index contributed by atoms with van der Waals surface area (Å²) in [6.45, 7) is 0. The molecule has 0 bridgehead atoms. The summed E-state index contributed by atoms with van der Waals surface area (Å²) in [5, 5.41) is 11.6. The Morgan fingerprint density at radius 1 is 1.56 bits per heavy atom. The van der Waals surface area contributed by atoms with E-state index >= 15 is 0 Å². The first-order chi connectivity index (χ1) is 7.49. The molecule has 0 spiro atoms. The summed E-state index contributed by atoms with van der Waals surface area (Å²) in [6, 6.07) is 4.24. The van der Waals surface area contributed by atoms with Crippen LogP contribution in [0, 0.1) is 10.1 Å². The van der Waals surface area contributed by atoms with Crippen LogP contribution in [-0.2, 0) is 4.84 Å². The molecule has 0 unspecified atom stereocenters. The van der Waals surface area contributed by atoms with Gasteiger partial charge in [-0.25, -0.2) is 5.06 Å². The Morgan fingerprint density at radius 3 is 2.69 bits per heavy atom. The number of nitrogens with zero attached hydrogens (tertiary/aromatic N) is 2. The summed E-state index contributed by atoms with van der Waals surface area (Å²) < 4.78 is 0.147. The van der Waals surface area contributed by atoms with Crippen LogP contribution in [0.2, 0.25) is 0 Å². The molecular weight excluding hydrogens is 280 g/mol. The molecule has 1 aromatic rings. The van der Waals surface area contributed by atoms with E-state index in [2.05, 4.69) is 15.9 Å². The van der Waals surface area contributed by atoms with Gasteiger partial charge in [-0.15, -0.1) is 0 Å². The van der Waals surface area contributed by atoms with Gasteiger partial charge < -0.3 is 0 Å².